The summed E-state index contributed by atoms with van der Waals surface area (Å²) in [7, 11) is -3.78. The lowest BCUT2D eigenvalue weighted by molar-refractivity contribution is 0.103. The van der Waals surface area contributed by atoms with Crippen LogP contribution in [0.15, 0.2) is 77.0 Å². The monoisotopic (exact) mass is 455 g/mol. The molecule has 2 aromatic carbocycles. The van der Waals surface area contributed by atoms with Crippen LogP contribution in [0.25, 0.3) is 9.88 Å². The fraction of sp³-hybridized carbons (Fsp3) is 0.0476. The highest BCUT2D eigenvalue weighted by molar-refractivity contribution is 7.92. The zero-order valence-electron chi connectivity index (χ0n) is 15.8. The molecule has 30 heavy (non-hydrogen) atoms. The van der Waals surface area contributed by atoms with Gasteiger partial charge in [-0.15, -0.1) is 22.7 Å². The SMILES string of the molecule is Cc1nc(-c2cccs2)sc1C(=O)Nc1ccccc1NS(=O)(=O)c1ccccc1. The number of thiazole rings is 1. The molecule has 0 bridgehead atoms. The summed E-state index contributed by atoms with van der Waals surface area (Å²) in [5.41, 5.74) is 1.28. The number of anilines is 2. The number of sulfonamides is 1. The molecule has 0 saturated carbocycles. The second-order valence-electron chi connectivity index (χ2n) is 6.33. The van der Waals surface area contributed by atoms with E-state index in [0.717, 1.165) is 9.88 Å². The second-order valence-corrected chi connectivity index (χ2v) is 9.96. The Kier molecular flexibility index (Phi) is 5.67. The minimum atomic E-state index is -3.78. The maximum absolute atomic E-state index is 12.9. The molecule has 0 saturated heterocycles. The van der Waals surface area contributed by atoms with E-state index in [0.29, 0.717) is 16.3 Å². The Morgan fingerprint density at radius 1 is 0.933 bits per heavy atom. The molecule has 4 aromatic rings. The molecule has 0 spiro atoms. The van der Waals surface area contributed by atoms with Gasteiger partial charge in [0.25, 0.3) is 15.9 Å². The third-order valence-electron chi connectivity index (χ3n) is 4.21. The van der Waals surface area contributed by atoms with Crippen LogP contribution in [-0.2, 0) is 10.0 Å². The predicted octanol–water partition coefficient (Wildman–Crippen LogP) is 5.23. The molecular formula is C21H17N3O3S3. The van der Waals surface area contributed by atoms with Gasteiger partial charge >= 0.3 is 0 Å². The molecule has 4 rings (SSSR count). The number of benzene rings is 2. The molecular weight excluding hydrogens is 438 g/mol. The Balaban J connectivity index is 1.59. The van der Waals surface area contributed by atoms with Crippen LogP contribution in [0.2, 0.25) is 0 Å². The molecule has 0 atom stereocenters. The summed E-state index contributed by atoms with van der Waals surface area (Å²) >= 11 is 2.87. The van der Waals surface area contributed by atoms with Crippen molar-refractivity contribution in [1.29, 1.82) is 0 Å². The highest BCUT2D eigenvalue weighted by Gasteiger charge is 2.20. The number of hydrogen-bond donors (Lipinski definition) is 2. The van der Waals surface area contributed by atoms with Crippen LogP contribution in [0, 0.1) is 6.92 Å². The quantitative estimate of drug-likeness (QED) is 0.416. The second kappa shape index (κ2) is 8.39. The van der Waals surface area contributed by atoms with Crippen LogP contribution in [0.3, 0.4) is 0 Å². The van der Waals surface area contributed by atoms with E-state index in [-0.39, 0.29) is 16.5 Å². The summed E-state index contributed by atoms with van der Waals surface area (Å²) in [6.07, 6.45) is 0. The minimum Gasteiger partial charge on any atom is -0.319 e. The molecule has 152 valence electrons. The molecule has 2 N–H and O–H groups in total. The standard InChI is InChI=1S/C21H17N3O3S3/c1-14-19(29-21(22-14)18-12-7-13-28-18)20(25)23-16-10-5-6-11-17(16)24-30(26,27)15-8-3-2-4-9-15/h2-13,24H,1H3,(H,23,25). The Morgan fingerprint density at radius 3 is 2.33 bits per heavy atom. The van der Waals surface area contributed by atoms with Gasteiger partial charge in [0.2, 0.25) is 0 Å². The van der Waals surface area contributed by atoms with E-state index in [4.69, 9.17) is 0 Å². The van der Waals surface area contributed by atoms with Crippen molar-refractivity contribution in [1.82, 2.24) is 4.98 Å². The molecule has 0 fully saturated rings. The highest BCUT2D eigenvalue weighted by atomic mass is 32.2. The average Bonchev–Trinajstić information content (AvgIpc) is 3.40. The van der Waals surface area contributed by atoms with Crippen molar-refractivity contribution in [3.63, 3.8) is 0 Å². The van der Waals surface area contributed by atoms with Gasteiger partial charge in [0.1, 0.15) is 9.88 Å². The van der Waals surface area contributed by atoms with Gasteiger partial charge in [-0.2, -0.15) is 0 Å². The normalized spacial score (nSPS) is 11.2. The lowest BCUT2D eigenvalue weighted by atomic mass is 10.2. The first-order chi connectivity index (χ1) is 14.4. The Hall–Kier alpha value is -3.01. The number of hydrogen-bond acceptors (Lipinski definition) is 6. The molecule has 0 aliphatic rings. The number of nitrogens with one attached hydrogen (secondary N) is 2. The first-order valence-corrected chi connectivity index (χ1v) is 12.1. The van der Waals surface area contributed by atoms with Crippen LogP contribution < -0.4 is 10.0 Å². The molecule has 1 amide bonds. The van der Waals surface area contributed by atoms with Crippen molar-refractivity contribution >= 4 is 50.0 Å². The summed E-state index contributed by atoms with van der Waals surface area (Å²) in [6, 6.07) is 18.6. The summed E-state index contributed by atoms with van der Waals surface area (Å²) in [6.45, 7) is 1.78. The van der Waals surface area contributed by atoms with Crippen molar-refractivity contribution < 1.29 is 13.2 Å². The summed E-state index contributed by atoms with van der Waals surface area (Å²) in [4.78, 5) is 19.0. The van der Waals surface area contributed by atoms with Gasteiger partial charge < -0.3 is 5.32 Å². The number of aryl methyl sites for hydroxylation is 1. The van der Waals surface area contributed by atoms with Gasteiger partial charge in [-0.05, 0) is 42.6 Å². The van der Waals surface area contributed by atoms with E-state index in [1.807, 2.05) is 17.5 Å². The van der Waals surface area contributed by atoms with Crippen LogP contribution in [0.5, 0.6) is 0 Å². The minimum absolute atomic E-state index is 0.144. The fourth-order valence-electron chi connectivity index (χ4n) is 2.78. The number of carbonyl (C=O) groups excluding carboxylic acids is 1. The topological polar surface area (TPSA) is 88.2 Å². The highest BCUT2D eigenvalue weighted by Crippen LogP contribution is 2.32. The van der Waals surface area contributed by atoms with Gasteiger partial charge in [0, 0.05) is 0 Å². The molecule has 9 heteroatoms. The zero-order valence-corrected chi connectivity index (χ0v) is 18.3. The third-order valence-corrected chi connectivity index (χ3v) is 7.78. The molecule has 0 unspecified atom stereocenters. The van der Waals surface area contributed by atoms with E-state index in [1.165, 1.54) is 23.5 Å². The number of rotatable bonds is 6. The van der Waals surface area contributed by atoms with E-state index in [2.05, 4.69) is 15.0 Å². The van der Waals surface area contributed by atoms with Crippen molar-refractivity contribution in [2.75, 3.05) is 10.0 Å². The van der Waals surface area contributed by atoms with Crippen LogP contribution >= 0.6 is 22.7 Å². The number of amides is 1. The van der Waals surface area contributed by atoms with Crippen molar-refractivity contribution in [3.05, 3.63) is 82.7 Å². The van der Waals surface area contributed by atoms with Gasteiger partial charge in [0.05, 0.1) is 26.8 Å². The Bertz CT molecular complexity index is 1280. The van der Waals surface area contributed by atoms with Gasteiger partial charge in [0.15, 0.2) is 0 Å². The molecule has 0 aliphatic carbocycles. The maximum atomic E-state index is 12.9. The number of aromatic nitrogens is 1. The summed E-state index contributed by atoms with van der Waals surface area (Å²) in [5, 5.41) is 5.55. The predicted molar refractivity (Wildman–Crippen MR) is 122 cm³/mol. The number of nitrogens with zero attached hydrogens (tertiary/aromatic N) is 1. The maximum Gasteiger partial charge on any atom is 0.267 e. The fourth-order valence-corrected chi connectivity index (χ4v) is 5.64. The van der Waals surface area contributed by atoms with Gasteiger partial charge in [-0.25, -0.2) is 13.4 Å². The van der Waals surface area contributed by atoms with E-state index in [9.17, 15) is 13.2 Å². The van der Waals surface area contributed by atoms with Crippen LogP contribution in [0.1, 0.15) is 15.4 Å². The molecule has 0 radical (unpaired) electrons. The molecule has 2 aromatic heterocycles. The first-order valence-electron chi connectivity index (χ1n) is 8.93. The summed E-state index contributed by atoms with van der Waals surface area (Å²) < 4.78 is 27.9. The largest absolute Gasteiger partial charge is 0.319 e. The number of thiophene rings is 1. The Labute approximate surface area is 182 Å². The third kappa shape index (κ3) is 4.28. The van der Waals surface area contributed by atoms with Crippen molar-refractivity contribution in [3.8, 4) is 9.88 Å². The van der Waals surface area contributed by atoms with E-state index >= 15 is 0 Å². The van der Waals surface area contributed by atoms with Crippen molar-refractivity contribution in [2.45, 2.75) is 11.8 Å². The lowest BCUT2D eigenvalue weighted by Crippen LogP contribution is -2.17. The molecule has 6 nitrogen and oxygen atoms in total. The zero-order chi connectivity index (χ0) is 21.1. The molecule has 2 heterocycles. The number of carbonyl (C=O) groups is 1. The lowest BCUT2D eigenvalue weighted by Gasteiger charge is -2.13. The van der Waals surface area contributed by atoms with Crippen molar-refractivity contribution in [2.24, 2.45) is 0 Å². The van der Waals surface area contributed by atoms with E-state index in [1.54, 1.807) is 60.7 Å². The van der Waals surface area contributed by atoms with Gasteiger partial charge in [-0.1, -0.05) is 36.4 Å². The molecule has 0 aliphatic heterocycles. The summed E-state index contributed by atoms with van der Waals surface area (Å²) in [5.74, 6) is -0.334. The smallest absolute Gasteiger partial charge is 0.267 e. The first kappa shape index (κ1) is 20.3. The number of para-hydroxylation sites is 2. The average molecular weight is 456 g/mol. The van der Waals surface area contributed by atoms with Gasteiger partial charge in [-0.3, -0.25) is 9.52 Å². The van der Waals surface area contributed by atoms with E-state index < -0.39 is 10.0 Å². The Morgan fingerprint density at radius 2 is 1.63 bits per heavy atom. The van der Waals surface area contributed by atoms with Crippen LogP contribution in [-0.4, -0.2) is 19.3 Å². The van der Waals surface area contributed by atoms with Crippen LogP contribution in [0.4, 0.5) is 11.4 Å².